The number of likely N-dealkylation sites (N-methyl/N-ethyl adjacent to an activating group) is 1. The van der Waals surface area contributed by atoms with E-state index in [4.69, 9.17) is 5.73 Å². The van der Waals surface area contributed by atoms with E-state index in [1.165, 1.54) is 5.56 Å². The Balaban J connectivity index is 2.31. The van der Waals surface area contributed by atoms with Gasteiger partial charge in [0.1, 0.15) is 0 Å². The standard InChI is InChI=1S/C12H17N3O/c1-14-8-12(16)15-6-2-3-9-4-5-10(13)7-11(9)15/h4-5,7,14H,2-3,6,8,13H2,1H3. The molecular weight excluding hydrogens is 202 g/mol. The Bertz CT molecular complexity index is 403. The van der Waals surface area contributed by atoms with Gasteiger partial charge in [-0.25, -0.2) is 0 Å². The molecule has 1 aliphatic rings. The number of benzene rings is 1. The second kappa shape index (κ2) is 4.53. The van der Waals surface area contributed by atoms with Gasteiger partial charge in [-0.2, -0.15) is 0 Å². The fourth-order valence-corrected chi connectivity index (χ4v) is 2.10. The quantitative estimate of drug-likeness (QED) is 0.722. The smallest absolute Gasteiger partial charge is 0.240 e. The van der Waals surface area contributed by atoms with Gasteiger partial charge >= 0.3 is 0 Å². The van der Waals surface area contributed by atoms with Crippen LogP contribution in [0.2, 0.25) is 0 Å². The van der Waals surface area contributed by atoms with Crippen LogP contribution in [0.15, 0.2) is 18.2 Å². The fraction of sp³-hybridized carbons (Fsp3) is 0.417. The van der Waals surface area contributed by atoms with Crippen molar-refractivity contribution in [2.24, 2.45) is 0 Å². The summed E-state index contributed by atoms with van der Waals surface area (Å²) in [6.07, 6.45) is 2.05. The van der Waals surface area contributed by atoms with Gasteiger partial charge in [0.2, 0.25) is 5.91 Å². The Hall–Kier alpha value is -1.55. The number of aryl methyl sites for hydroxylation is 1. The van der Waals surface area contributed by atoms with Gasteiger partial charge < -0.3 is 16.0 Å². The van der Waals surface area contributed by atoms with Gasteiger partial charge in [-0.1, -0.05) is 6.07 Å². The fourth-order valence-electron chi connectivity index (χ4n) is 2.10. The van der Waals surface area contributed by atoms with Crippen molar-refractivity contribution in [2.45, 2.75) is 12.8 Å². The number of rotatable bonds is 2. The first-order valence-corrected chi connectivity index (χ1v) is 5.55. The molecule has 16 heavy (non-hydrogen) atoms. The van der Waals surface area contributed by atoms with Crippen molar-refractivity contribution in [3.05, 3.63) is 23.8 Å². The number of nitrogens with one attached hydrogen (secondary N) is 1. The molecule has 2 rings (SSSR count). The first kappa shape index (κ1) is 11.0. The number of amides is 1. The average molecular weight is 219 g/mol. The topological polar surface area (TPSA) is 58.4 Å². The van der Waals surface area contributed by atoms with Crippen molar-refractivity contribution in [1.82, 2.24) is 5.32 Å². The zero-order valence-electron chi connectivity index (χ0n) is 9.49. The van der Waals surface area contributed by atoms with Gasteiger partial charge in [0.25, 0.3) is 0 Å². The van der Waals surface area contributed by atoms with E-state index >= 15 is 0 Å². The van der Waals surface area contributed by atoms with Crippen molar-refractivity contribution in [3.8, 4) is 0 Å². The van der Waals surface area contributed by atoms with E-state index < -0.39 is 0 Å². The molecule has 0 aromatic heterocycles. The van der Waals surface area contributed by atoms with Crippen LogP contribution in [0, 0.1) is 0 Å². The number of anilines is 2. The molecule has 86 valence electrons. The summed E-state index contributed by atoms with van der Waals surface area (Å²) >= 11 is 0. The summed E-state index contributed by atoms with van der Waals surface area (Å²) in [6, 6.07) is 5.80. The molecule has 0 saturated heterocycles. The number of hydrogen-bond acceptors (Lipinski definition) is 3. The Labute approximate surface area is 95.4 Å². The Kier molecular flexibility index (Phi) is 3.10. The molecule has 0 radical (unpaired) electrons. The lowest BCUT2D eigenvalue weighted by Crippen LogP contribution is -2.40. The van der Waals surface area contributed by atoms with Crippen LogP contribution in [-0.2, 0) is 11.2 Å². The Morgan fingerprint density at radius 3 is 3.12 bits per heavy atom. The molecule has 1 aromatic carbocycles. The van der Waals surface area contributed by atoms with E-state index in [2.05, 4.69) is 5.32 Å². The number of hydrogen-bond donors (Lipinski definition) is 2. The molecule has 1 heterocycles. The highest BCUT2D eigenvalue weighted by molar-refractivity contribution is 5.96. The maximum Gasteiger partial charge on any atom is 0.240 e. The van der Waals surface area contributed by atoms with Gasteiger partial charge in [-0.05, 0) is 37.6 Å². The van der Waals surface area contributed by atoms with Crippen molar-refractivity contribution < 1.29 is 4.79 Å². The largest absolute Gasteiger partial charge is 0.399 e. The molecule has 0 aliphatic carbocycles. The van der Waals surface area contributed by atoms with Crippen molar-refractivity contribution in [1.29, 1.82) is 0 Å². The zero-order valence-corrected chi connectivity index (χ0v) is 9.49. The maximum absolute atomic E-state index is 11.9. The average Bonchev–Trinajstić information content (AvgIpc) is 2.28. The number of fused-ring (bicyclic) bond motifs is 1. The third-order valence-corrected chi connectivity index (χ3v) is 2.86. The highest BCUT2D eigenvalue weighted by Gasteiger charge is 2.21. The number of nitrogens with two attached hydrogens (primary N) is 1. The zero-order chi connectivity index (χ0) is 11.5. The third-order valence-electron chi connectivity index (χ3n) is 2.86. The van der Waals surface area contributed by atoms with Crippen LogP contribution in [0.3, 0.4) is 0 Å². The van der Waals surface area contributed by atoms with E-state index in [1.54, 1.807) is 7.05 Å². The third kappa shape index (κ3) is 2.02. The van der Waals surface area contributed by atoms with Gasteiger partial charge in [0, 0.05) is 17.9 Å². The SMILES string of the molecule is CNCC(=O)N1CCCc2ccc(N)cc21. The minimum Gasteiger partial charge on any atom is -0.399 e. The molecule has 3 N–H and O–H groups in total. The maximum atomic E-state index is 11.9. The van der Waals surface area contributed by atoms with Crippen LogP contribution in [0.5, 0.6) is 0 Å². The second-order valence-corrected chi connectivity index (χ2v) is 4.07. The van der Waals surface area contributed by atoms with Crippen LogP contribution < -0.4 is 16.0 Å². The Morgan fingerprint density at radius 1 is 1.56 bits per heavy atom. The van der Waals surface area contributed by atoms with Gasteiger partial charge in [-0.15, -0.1) is 0 Å². The molecule has 1 amide bonds. The van der Waals surface area contributed by atoms with E-state index in [0.29, 0.717) is 12.2 Å². The molecule has 0 unspecified atom stereocenters. The lowest BCUT2D eigenvalue weighted by atomic mass is 10.0. The van der Waals surface area contributed by atoms with Crippen molar-refractivity contribution >= 4 is 17.3 Å². The number of carbonyl (C=O) groups excluding carboxylic acids is 1. The van der Waals surface area contributed by atoms with E-state index in [1.807, 2.05) is 23.1 Å². The number of nitrogen functional groups attached to an aromatic ring is 1. The first-order chi connectivity index (χ1) is 7.72. The van der Waals surface area contributed by atoms with E-state index in [0.717, 1.165) is 25.1 Å². The lowest BCUT2D eigenvalue weighted by molar-refractivity contribution is -0.117. The number of nitrogens with zero attached hydrogens (tertiary/aromatic N) is 1. The Morgan fingerprint density at radius 2 is 2.38 bits per heavy atom. The normalized spacial score (nSPS) is 14.7. The van der Waals surface area contributed by atoms with Gasteiger partial charge in [-0.3, -0.25) is 4.79 Å². The minimum atomic E-state index is 0.106. The molecule has 4 nitrogen and oxygen atoms in total. The molecule has 0 atom stereocenters. The van der Waals surface area contributed by atoms with E-state index in [9.17, 15) is 4.79 Å². The minimum absolute atomic E-state index is 0.106. The molecule has 0 fully saturated rings. The van der Waals surface area contributed by atoms with Crippen molar-refractivity contribution in [2.75, 3.05) is 30.8 Å². The summed E-state index contributed by atoms with van der Waals surface area (Å²) in [7, 11) is 1.78. The summed E-state index contributed by atoms with van der Waals surface area (Å²) in [5, 5.41) is 2.89. The van der Waals surface area contributed by atoms with E-state index in [-0.39, 0.29) is 5.91 Å². The molecule has 0 spiro atoms. The molecular formula is C12H17N3O. The summed E-state index contributed by atoms with van der Waals surface area (Å²) in [5.74, 6) is 0.106. The van der Waals surface area contributed by atoms with Crippen LogP contribution >= 0.6 is 0 Å². The summed E-state index contributed by atoms with van der Waals surface area (Å²) < 4.78 is 0. The second-order valence-electron chi connectivity index (χ2n) is 4.07. The van der Waals surface area contributed by atoms with Gasteiger partial charge in [0.05, 0.1) is 6.54 Å². The molecule has 0 saturated carbocycles. The monoisotopic (exact) mass is 219 g/mol. The van der Waals surface area contributed by atoms with Crippen LogP contribution in [0.4, 0.5) is 11.4 Å². The summed E-state index contributed by atoms with van der Waals surface area (Å²) in [5.41, 5.74) is 8.67. The molecule has 4 heteroatoms. The lowest BCUT2D eigenvalue weighted by Gasteiger charge is -2.29. The van der Waals surface area contributed by atoms with Crippen LogP contribution in [-0.4, -0.2) is 26.0 Å². The van der Waals surface area contributed by atoms with Gasteiger partial charge in [0.15, 0.2) is 0 Å². The number of carbonyl (C=O) groups is 1. The first-order valence-electron chi connectivity index (χ1n) is 5.55. The predicted octanol–water partition coefficient (Wildman–Crippen LogP) is 0.767. The highest BCUT2D eigenvalue weighted by Crippen LogP contribution is 2.28. The summed E-state index contributed by atoms with van der Waals surface area (Å²) in [4.78, 5) is 13.7. The highest BCUT2D eigenvalue weighted by atomic mass is 16.2. The predicted molar refractivity (Wildman–Crippen MR) is 65.5 cm³/mol. The molecule has 1 aliphatic heterocycles. The summed E-state index contributed by atoms with van der Waals surface area (Å²) in [6.45, 7) is 1.16. The van der Waals surface area contributed by atoms with Crippen molar-refractivity contribution in [3.63, 3.8) is 0 Å². The molecule has 1 aromatic rings. The molecule has 0 bridgehead atoms. The van der Waals surface area contributed by atoms with Crippen LogP contribution in [0.1, 0.15) is 12.0 Å². The van der Waals surface area contributed by atoms with Crippen LogP contribution in [0.25, 0.3) is 0 Å².